The molecule has 122 valence electrons. The molecule has 8 nitrogen and oxygen atoms in total. The number of nitrogens with one attached hydrogen (secondary N) is 1. The third-order valence-corrected chi connectivity index (χ3v) is 3.49. The van der Waals surface area contributed by atoms with Crippen LogP contribution < -0.4 is 16.0 Å². The van der Waals surface area contributed by atoms with E-state index in [0.29, 0.717) is 11.4 Å². The van der Waals surface area contributed by atoms with Crippen molar-refractivity contribution in [2.45, 2.75) is 0 Å². The highest BCUT2D eigenvalue weighted by atomic mass is 16.5. The summed E-state index contributed by atoms with van der Waals surface area (Å²) in [4.78, 5) is 34.9. The summed E-state index contributed by atoms with van der Waals surface area (Å²) in [6, 6.07) is 8.58. The number of aromatic nitrogens is 3. The summed E-state index contributed by atoms with van der Waals surface area (Å²) >= 11 is 0. The highest BCUT2D eigenvalue weighted by Crippen LogP contribution is 2.24. The first-order valence-electron chi connectivity index (χ1n) is 6.96. The highest BCUT2D eigenvalue weighted by Gasteiger charge is 2.18. The summed E-state index contributed by atoms with van der Waals surface area (Å²) in [5.41, 5.74) is 6.35. The highest BCUT2D eigenvalue weighted by molar-refractivity contribution is 6.03. The lowest BCUT2D eigenvalue weighted by Crippen LogP contribution is -2.16. The van der Waals surface area contributed by atoms with E-state index in [-0.39, 0.29) is 22.5 Å². The van der Waals surface area contributed by atoms with Gasteiger partial charge in [0, 0.05) is 5.56 Å². The molecule has 0 radical (unpaired) electrons. The molecule has 3 N–H and O–H groups in total. The molecule has 0 atom stereocenters. The number of nitrogens with two attached hydrogens (primary N) is 1. The molecular formula is C16H14N4O4. The van der Waals surface area contributed by atoms with E-state index in [9.17, 15) is 9.59 Å². The van der Waals surface area contributed by atoms with Gasteiger partial charge in [-0.15, -0.1) is 0 Å². The molecule has 2 heterocycles. The number of H-pyrrole nitrogens is 1. The molecular weight excluding hydrogens is 312 g/mol. The summed E-state index contributed by atoms with van der Waals surface area (Å²) in [5, 5.41) is 0.0355. The lowest BCUT2D eigenvalue weighted by atomic mass is 10.1. The fourth-order valence-electron chi connectivity index (χ4n) is 2.34. The van der Waals surface area contributed by atoms with Crippen molar-refractivity contribution in [3.05, 3.63) is 46.2 Å². The first-order chi connectivity index (χ1) is 11.5. The summed E-state index contributed by atoms with van der Waals surface area (Å²) < 4.78 is 9.88. The standard InChI is InChI=1S/C16H14N4O4/c1-23-9-5-3-8(4-6-9)11-7-10(15(22)24-2)12-13(18-11)19-16(17)20-14(12)21/h3-7H,1-2H3,(H3,17,18,19,20,21). The summed E-state index contributed by atoms with van der Waals surface area (Å²) in [6.45, 7) is 0. The van der Waals surface area contributed by atoms with Crippen molar-refractivity contribution in [2.75, 3.05) is 20.0 Å². The van der Waals surface area contributed by atoms with Gasteiger partial charge in [-0.3, -0.25) is 9.78 Å². The molecule has 2 aromatic heterocycles. The fourth-order valence-corrected chi connectivity index (χ4v) is 2.34. The number of hydrogen-bond donors (Lipinski definition) is 2. The minimum absolute atomic E-state index is 0.0355. The number of carbonyl (C=O) groups is 1. The van der Waals surface area contributed by atoms with Crippen LogP contribution in [0.25, 0.3) is 22.3 Å². The van der Waals surface area contributed by atoms with Crippen molar-refractivity contribution in [3.63, 3.8) is 0 Å². The van der Waals surface area contributed by atoms with Crippen LogP contribution in [0.3, 0.4) is 0 Å². The van der Waals surface area contributed by atoms with Gasteiger partial charge in [-0.1, -0.05) is 0 Å². The number of carbonyl (C=O) groups excluding carboxylic acids is 1. The first-order valence-corrected chi connectivity index (χ1v) is 6.96. The minimum Gasteiger partial charge on any atom is -0.497 e. The number of nitrogens with zero attached hydrogens (tertiary/aromatic N) is 2. The number of hydrogen-bond acceptors (Lipinski definition) is 7. The van der Waals surface area contributed by atoms with Crippen LogP contribution in [0.2, 0.25) is 0 Å². The van der Waals surface area contributed by atoms with E-state index < -0.39 is 11.5 Å². The summed E-state index contributed by atoms with van der Waals surface area (Å²) in [7, 11) is 2.80. The van der Waals surface area contributed by atoms with Crippen LogP contribution in [0.15, 0.2) is 35.1 Å². The van der Waals surface area contributed by atoms with Crippen LogP contribution in [-0.2, 0) is 4.74 Å². The van der Waals surface area contributed by atoms with Crippen LogP contribution in [0.1, 0.15) is 10.4 Å². The Balaban J connectivity index is 2.29. The molecule has 24 heavy (non-hydrogen) atoms. The number of anilines is 1. The van der Waals surface area contributed by atoms with Gasteiger partial charge in [0.2, 0.25) is 5.95 Å². The maximum atomic E-state index is 12.1. The maximum Gasteiger partial charge on any atom is 0.338 e. The van der Waals surface area contributed by atoms with Crippen LogP contribution >= 0.6 is 0 Å². The average Bonchev–Trinajstić information content (AvgIpc) is 2.59. The number of ether oxygens (including phenoxy) is 2. The second kappa shape index (κ2) is 5.99. The van der Waals surface area contributed by atoms with E-state index >= 15 is 0 Å². The van der Waals surface area contributed by atoms with E-state index in [1.165, 1.54) is 13.2 Å². The number of pyridine rings is 1. The SMILES string of the molecule is COC(=O)c1cc(-c2ccc(OC)cc2)nc2nc(N)[nH]c(=O)c12. The Kier molecular flexibility index (Phi) is 3.87. The number of benzene rings is 1. The van der Waals surface area contributed by atoms with Crippen LogP contribution in [0.5, 0.6) is 5.75 Å². The Morgan fingerprint density at radius 3 is 2.50 bits per heavy atom. The number of fused-ring (bicyclic) bond motifs is 1. The molecule has 0 amide bonds. The van der Waals surface area contributed by atoms with Crippen molar-refractivity contribution < 1.29 is 14.3 Å². The predicted molar refractivity (Wildman–Crippen MR) is 87.9 cm³/mol. The number of rotatable bonds is 3. The molecule has 0 saturated heterocycles. The van der Waals surface area contributed by atoms with Crippen LogP contribution in [-0.4, -0.2) is 35.1 Å². The summed E-state index contributed by atoms with van der Waals surface area (Å²) in [6.07, 6.45) is 0. The molecule has 3 aromatic rings. The zero-order valence-electron chi connectivity index (χ0n) is 13.0. The average molecular weight is 326 g/mol. The second-order valence-electron chi connectivity index (χ2n) is 4.92. The normalized spacial score (nSPS) is 10.6. The quantitative estimate of drug-likeness (QED) is 0.697. The monoisotopic (exact) mass is 326 g/mol. The molecule has 0 spiro atoms. The molecule has 1 aromatic carbocycles. The zero-order valence-corrected chi connectivity index (χ0v) is 13.0. The van der Waals surface area contributed by atoms with Gasteiger partial charge in [-0.2, -0.15) is 4.98 Å². The van der Waals surface area contributed by atoms with Crippen molar-refractivity contribution in [3.8, 4) is 17.0 Å². The number of esters is 1. The number of nitrogen functional groups attached to an aromatic ring is 1. The van der Waals surface area contributed by atoms with E-state index in [2.05, 4.69) is 15.0 Å². The smallest absolute Gasteiger partial charge is 0.338 e. The Morgan fingerprint density at radius 2 is 1.88 bits per heavy atom. The van der Waals surface area contributed by atoms with Gasteiger partial charge in [0.25, 0.3) is 5.56 Å². The van der Waals surface area contributed by atoms with Gasteiger partial charge >= 0.3 is 5.97 Å². The Bertz CT molecular complexity index is 980. The molecule has 0 bridgehead atoms. The Labute approximate surface area is 136 Å². The topological polar surface area (TPSA) is 120 Å². The van der Waals surface area contributed by atoms with E-state index in [4.69, 9.17) is 15.2 Å². The molecule has 0 aliphatic rings. The lowest BCUT2D eigenvalue weighted by Gasteiger charge is -2.08. The number of aromatic amines is 1. The second-order valence-corrected chi connectivity index (χ2v) is 4.92. The summed E-state index contributed by atoms with van der Waals surface area (Å²) in [5.74, 6) is -0.0523. The predicted octanol–water partition coefficient (Wildman–Crippen LogP) is 1.36. The van der Waals surface area contributed by atoms with Gasteiger partial charge in [0.05, 0.1) is 30.9 Å². The minimum atomic E-state index is -0.658. The van der Waals surface area contributed by atoms with Crippen LogP contribution in [0.4, 0.5) is 5.95 Å². The van der Waals surface area contributed by atoms with Gasteiger partial charge < -0.3 is 15.2 Å². The third kappa shape index (κ3) is 2.65. The molecule has 8 heteroatoms. The Hall–Kier alpha value is -3.42. The van der Waals surface area contributed by atoms with E-state index in [1.807, 2.05) is 0 Å². The van der Waals surface area contributed by atoms with Crippen molar-refractivity contribution in [2.24, 2.45) is 0 Å². The van der Waals surface area contributed by atoms with Gasteiger partial charge in [-0.05, 0) is 30.3 Å². The Morgan fingerprint density at radius 1 is 1.17 bits per heavy atom. The number of methoxy groups -OCH3 is 2. The van der Waals surface area contributed by atoms with Crippen molar-refractivity contribution in [1.82, 2.24) is 15.0 Å². The molecule has 0 unspecified atom stereocenters. The van der Waals surface area contributed by atoms with E-state index in [0.717, 1.165) is 5.56 Å². The van der Waals surface area contributed by atoms with Gasteiger partial charge in [-0.25, -0.2) is 9.78 Å². The van der Waals surface area contributed by atoms with Gasteiger partial charge in [0.1, 0.15) is 5.75 Å². The molecule has 3 rings (SSSR count). The first kappa shape index (κ1) is 15.5. The van der Waals surface area contributed by atoms with Gasteiger partial charge in [0.15, 0.2) is 5.65 Å². The molecule has 0 saturated carbocycles. The maximum absolute atomic E-state index is 12.1. The molecule has 0 aliphatic heterocycles. The lowest BCUT2D eigenvalue weighted by molar-refractivity contribution is 0.0603. The molecule has 0 aliphatic carbocycles. The van der Waals surface area contributed by atoms with Crippen molar-refractivity contribution in [1.29, 1.82) is 0 Å². The largest absolute Gasteiger partial charge is 0.497 e. The zero-order chi connectivity index (χ0) is 17.3. The fraction of sp³-hybridized carbons (Fsp3) is 0.125. The van der Waals surface area contributed by atoms with E-state index in [1.54, 1.807) is 31.4 Å². The third-order valence-electron chi connectivity index (χ3n) is 3.49. The molecule has 0 fully saturated rings. The van der Waals surface area contributed by atoms with Crippen molar-refractivity contribution >= 4 is 23.0 Å². The van der Waals surface area contributed by atoms with Crippen LogP contribution in [0, 0.1) is 0 Å².